The molecule has 0 unspecified atom stereocenters. The highest BCUT2D eigenvalue weighted by Gasteiger charge is 2.27. The van der Waals surface area contributed by atoms with Crippen molar-refractivity contribution >= 4 is 22.9 Å². The van der Waals surface area contributed by atoms with Gasteiger partial charge in [0.15, 0.2) is 5.58 Å². The van der Waals surface area contributed by atoms with Crippen LogP contribution >= 0.6 is 0 Å². The largest absolute Gasteiger partial charge is 0.444 e. The molecular weight excluding hydrogens is 317 g/mol. The van der Waals surface area contributed by atoms with Crippen LogP contribution in [0.1, 0.15) is 20.8 Å². The number of aromatic amines is 1. The second-order valence-electron chi connectivity index (χ2n) is 6.77. The summed E-state index contributed by atoms with van der Waals surface area (Å²) < 4.78 is 24.3. The zero-order valence-electron chi connectivity index (χ0n) is 13.9. The van der Waals surface area contributed by atoms with Gasteiger partial charge in [0.25, 0.3) is 0 Å². The highest BCUT2D eigenvalue weighted by Crippen LogP contribution is 2.27. The van der Waals surface area contributed by atoms with Crippen LogP contribution in [0.15, 0.2) is 21.3 Å². The molecule has 1 saturated heterocycles. The molecule has 0 radical (unpaired) electrons. The molecule has 0 spiro atoms. The van der Waals surface area contributed by atoms with Gasteiger partial charge in [-0.2, -0.15) is 0 Å². The van der Waals surface area contributed by atoms with Crippen LogP contribution in [0, 0.1) is 5.82 Å². The van der Waals surface area contributed by atoms with Gasteiger partial charge in [-0.05, 0) is 20.8 Å². The van der Waals surface area contributed by atoms with Crippen molar-refractivity contribution in [3.63, 3.8) is 0 Å². The Bertz CT molecular complexity index is 813. The predicted octanol–water partition coefficient (Wildman–Crippen LogP) is 2.32. The minimum Gasteiger partial charge on any atom is -0.444 e. The summed E-state index contributed by atoms with van der Waals surface area (Å²) in [5.41, 5.74) is 0.612. The number of rotatable bonds is 1. The second-order valence-corrected chi connectivity index (χ2v) is 6.77. The molecular formula is C16H20FN3O4. The number of H-pyrrole nitrogens is 1. The van der Waals surface area contributed by atoms with E-state index in [9.17, 15) is 14.0 Å². The number of ether oxygens (including phenoxy) is 1. The lowest BCUT2D eigenvalue weighted by molar-refractivity contribution is 0.0240. The van der Waals surface area contributed by atoms with Crippen LogP contribution in [-0.2, 0) is 4.74 Å². The summed E-state index contributed by atoms with van der Waals surface area (Å²) in [5, 5.41) is 0. The monoisotopic (exact) mass is 337 g/mol. The Hall–Kier alpha value is -2.51. The number of amides is 1. The number of hydrogen-bond acceptors (Lipinski definition) is 5. The number of carbonyl (C=O) groups is 1. The smallest absolute Gasteiger partial charge is 0.417 e. The maximum absolute atomic E-state index is 13.8. The summed E-state index contributed by atoms with van der Waals surface area (Å²) >= 11 is 0. The minimum atomic E-state index is -0.621. The summed E-state index contributed by atoms with van der Waals surface area (Å²) in [6, 6.07) is 2.56. The summed E-state index contributed by atoms with van der Waals surface area (Å²) in [7, 11) is 0. The molecule has 1 fully saturated rings. The molecule has 0 saturated carbocycles. The first-order chi connectivity index (χ1) is 11.2. The third-order valence-corrected chi connectivity index (χ3v) is 3.74. The van der Waals surface area contributed by atoms with E-state index >= 15 is 0 Å². The van der Waals surface area contributed by atoms with Crippen molar-refractivity contribution in [2.75, 3.05) is 31.1 Å². The lowest BCUT2D eigenvalue weighted by Crippen LogP contribution is -2.50. The Labute approximate surface area is 138 Å². The Morgan fingerprint density at radius 1 is 1.25 bits per heavy atom. The van der Waals surface area contributed by atoms with Gasteiger partial charge in [0.05, 0.1) is 11.2 Å². The number of nitrogens with one attached hydrogen (secondary N) is 1. The van der Waals surface area contributed by atoms with Crippen LogP contribution in [0.5, 0.6) is 0 Å². The zero-order valence-corrected chi connectivity index (χ0v) is 13.9. The molecule has 2 aromatic rings. The average molecular weight is 337 g/mol. The molecule has 24 heavy (non-hydrogen) atoms. The van der Waals surface area contributed by atoms with Crippen molar-refractivity contribution in [1.29, 1.82) is 0 Å². The molecule has 3 rings (SSSR count). The van der Waals surface area contributed by atoms with Crippen molar-refractivity contribution in [2.24, 2.45) is 0 Å². The zero-order chi connectivity index (χ0) is 17.5. The molecule has 1 amide bonds. The Balaban J connectivity index is 1.76. The minimum absolute atomic E-state index is 0.324. The van der Waals surface area contributed by atoms with Gasteiger partial charge in [-0.3, -0.25) is 4.98 Å². The molecule has 8 heteroatoms. The standard InChI is InChI=1S/C16H20FN3O4/c1-16(2,3)24-15(22)20-6-4-19(5-7-20)12-9-10(17)8-11-13(12)23-14(21)18-11/h8-9H,4-7H2,1-3H3,(H,18,21). The van der Waals surface area contributed by atoms with Crippen molar-refractivity contribution < 1.29 is 18.3 Å². The lowest BCUT2D eigenvalue weighted by atomic mass is 10.2. The van der Waals surface area contributed by atoms with Gasteiger partial charge in [0.2, 0.25) is 0 Å². The number of carbonyl (C=O) groups excluding carboxylic acids is 1. The number of fused-ring (bicyclic) bond motifs is 1. The SMILES string of the molecule is CC(C)(C)OC(=O)N1CCN(c2cc(F)cc3[nH]c(=O)oc23)CC1. The molecule has 0 bridgehead atoms. The van der Waals surface area contributed by atoms with E-state index in [1.807, 2.05) is 25.7 Å². The molecule has 130 valence electrons. The maximum Gasteiger partial charge on any atom is 0.417 e. The van der Waals surface area contributed by atoms with Crippen LogP contribution < -0.4 is 10.7 Å². The van der Waals surface area contributed by atoms with E-state index in [4.69, 9.17) is 9.15 Å². The number of piperazine rings is 1. The normalized spacial score (nSPS) is 15.8. The van der Waals surface area contributed by atoms with Crippen molar-refractivity contribution in [1.82, 2.24) is 9.88 Å². The number of hydrogen-bond donors (Lipinski definition) is 1. The van der Waals surface area contributed by atoms with Gasteiger partial charge >= 0.3 is 11.8 Å². The number of halogens is 1. The van der Waals surface area contributed by atoms with Gasteiger partial charge in [-0.25, -0.2) is 14.0 Å². The maximum atomic E-state index is 13.8. The van der Waals surface area contributed by atoms with Crippen LogP contribution in [0.2, 0.25) is 0 Å². The fraction of sp³-hybridized carbons (Fsp3) is 0.500. The van der Waals surface area contributed by atoms with Crippen LogP contribution in [0.4, 0.5) is 14.9 Å². The molecule has 7 nitrogen and oxygen atoms in total. The number of aromatic nitrogens is 1. The average Bonchev–Trinajstić information content (AvgIpc) is 2.84. The summed E-state index contributed by atoms with van der Waals surface area (Å²) in [6.45, 7) is 7.33. The van der Waals surface area contributed by atoms with Crippen LogP contribution in [-0.4, -0.2) is 47.8 Å². The third kappa shape index (κ3) is 3.37. The third-order valence-electron chi connectivity index (χ3n) is 3.74. The number of anilines is 1. The van der Waals surface area contributed by atoms with Crippen LogP contribution in [0.25, 0.3) is 11.1 Å². The first kappa shape index (κ1) is 16.4. The molecule has 2 heterocycles. The fourth-order valence-electron chi connectivity index (χ4n) is 2.70. The Morgan fingerprint density at radius 2 is 1.92 bits per heavy atom. The topological polar surface area (TPSA) is 78.8 Å². The van der Waals surface area contributed by atoms with Gasteiger partial charge in [0, 0.05) is 38.3 Å². The van der Waals surface area contributed by atoms with E-state index in [-0.39, 0.29) is 6.09 Å². The van der Waals surface area contributed by atoms with E-state index in [1.54, 1.807) is 4.90 Å². The lowest BCUT2D eigenvalue weighted by Gasteiger charge is -2.36. The Kier molecular flexibility index (Phi) is 3.98. The van der Waals surface area contributed by atoms with E-state index in [0.717, 1.165) is 0 Å². The van der Waals surface area contributed by atoms with Gasteiger partial charge in [-0.15, -0.1) is 0 Å². The quantitative estimate of drug-likeness (QED) is 0.864. The van der Waals surface area contributed by atoms with E-state index < -0.39 is 17.2 Å². The number of oxazole rings is 1. The fourth-order valence-corrected chi connectivity index (χ4v) is 2.70. The van der Waals surface area contributed by atoms with Crippen LogP contribution in [0.3, 0.4) is 0 Å². The molecule has 0 atom stereocenters. The van der Waals surface area contributed by atoms with Gasteiger partial charge in [-0.1, -0.05) is 0 Å². The number of nitrogens with zero attached hydrogens (tertiary/aromatic N) is 2. The molecule has 1 aromatic heterocycles. The highest BCUT2D eigenvalue weighted by molar-refractivity contribution is 5.86. The molecule has 1 aromatic carbocycles. The van der Waals surface area contributed by atoms with E-state index in [2.05, 4.69) is 4.98 Å². The summed E-state index contributed by atoms with van der Waals surface area (Å²) in [4.78, 5) is 29.4. The molecule has 1 N–H and O–H groups in total. The van der Waals surface area contributed by atoms with E-state index in [0.29, 0.717) is 43.0 Å². The van der Waals surface area contributed by atoms with Crippen molar-refractivity contribution in [3.8, 4) is 0 Å². The molecule has 0 aliphatic carbocycles. The molecule has 1 aliphatic heterocycles. The second kappa shape index (κ2) is 5.85. The van der Waals surface area contributed by atoms with Gasteiger partial charge in [0.1, 0.15) is 11.4 Å². The first-order valence-electron chi connectivity index (χ1n) is 7.78. The highest BCUT2D eigenvalue weighted by atomic mass is 19.1. The predicted molar refractivity (Wildman–Crippen MR) is 86.8 cm³/mol. The first-order valence-corrected chi connectivity index (χ1v) is 7.78. The Morgan fingerprint density at radius 3 is 2.54 bits per heavy atom. The van der Waals surface area contributed by atoms with E-state index in [1.165, 1.54) is 12.1 Å². The summed E-state index contributed by atoms with van der Waals surface area (Å²) in [5.74, 6) is -1.08. The van der Waals surface area contributed by atoms with Crippen molar-refractivity contribution in [3.05, 3.63) is 28.5 Å². The summed E-state index contributed by atoms with van der Waals surface area (Å²) in [6.07, 6.45) is -0.361. The number of benzene rings is 1. The van der Waals surface area contributed by atoms with Gasteiger partial charge < -0.3 is 19.0 Å². The molecule has 1 aliphatic rings. The van der Waals surface area contributed by atoms with Crippen molar-refractivity contribution in [2.45, 2.75) is 26.4 Å².